The van der Waals surface area contributed by atoms with E-state index >= 15 is 0 Å². The number of nitrogens with zero attached hydrogens (tertiary/aromatic N) is 1. The number of amides is 2. The van der Waals surface area contributed by atoms with Gasteiger partial charge in [-0.2, -0.15) is 0 Å². The summed E-state index contributed by atoms with van der Waals surface area (Å²) in [5, 5.41) is 0. The van der Waals surface area contributed by atoms with Crippen LogP contribution in [0.4, 0.5) is 0 Å². The number of imide groups is 1. The van der Waals surface area contributed by atoms with Crippen LogP contribution in [0, 0.1) is 46.8 Å². The molecule has 33 heavy (non-hydrogen) atoms. The molecule has 8 nitrogen and oxygen atoms in total. The fourth-order valence-corrected chi connectivity index (χ4v) is 7.56. The zero-order valence-electron chi connectivity index (χ0n) is 20.2. The van der Waals surface area contributed by atoms with Gasteiger partial charge in [-0.3, -0.25) is 28.9 Å². The van der Waals surface area contributed by atoms with Crippen LogP contribution in [0.15, 0.2) is 11.1 Å². The summed E-state index contributed by atoms with van der Waals surface area (Å²) in [5.74, 6) is -5.41. The third-order valence-electron chi connectivity index (χ3n) is 9.16. The second-order valence-electron chi connectivity index (χ2n) is 10.0. The molecule has 2 unspecified atom stereocenters. The van der Waals surface area contributed by atoms with Crippen molar-refractivity contribution in [3.63, 3.8) is 0 Å². The maximum absolute atomic E-state index is 14.1. The van der Waals surface area contributed by atoms with E-state index in [9.17, 15) is 24.0 Å². The SMILES string of the molecule is CCC1(CC)C(=O)C2=C3C1[C@H](C(=O)OC)CC(C(=O)OC)C[C@H]3[C@H]1C(=O)N(C)C(=O)[C@H]1[C@H]2C. The van der Waals surface area contributed by atoms with Gasteiger partial charge in [0.25, 0.3) is 0 Å². The van der Waals surface area contributed by atoms with Crippen LogP contribution in [0.5, 0.6) is 0 Å². The predicted molar refractivity (Wildman–Crippen MR) is 116 cm³/mol. The van der Waals surface area contributed by atoms with Crippen LogP contribution in [0.2, 0.25) is 0 Å². The third kappa shape index (κ3) is 2.91. The fraction of sp³-hybridized carbons (Fsp3) is 0.720. The highest BCUT2D eigenvalue weighted by Crippen LogP contribution is 2.64. The van der Waals surface area contributed by atoms with Gasteiger partial charge in [-0.05, 0) is 43.1 Å². The first-order valence-electron chi connectivity index (χ1n) is 11.9. The molecule has 1 saturated carbocycles. The Bertz CT molecular complexity index is 962. The van der Waals surface area contributed by atoms with Crippen LogP contribution in [0.25, 0.3) is 0 Å². The molecule has 4 rings (SSSR count). The molecule has 1 saturated heterocycles. The van der Waals surface area contributed by atoms with Crippen molar-refractivity contribution in [1.29, 1.82) is 0 Å². The molecule has 8 heteroatoms. The summed E-state index contributed by atoms with van der Waals surface area (Å²) in [7, 11) is 4.10. The van der Waals surface area contributed by atoms with Crippen molar-refractivity contribution in [3.8, 4) is 0 Å². The van der Waals surface area contributed by atoms with Crippen LogP contribution in [0.3, 0.4) is 0 Å². The van der Waals surface area contributed by atoms with Gasteiger partial charge in [0.15, 0.2) is 5.78 Å². The molecular formula is C25H33NO7. The second-order valence-corrected chi connectivity index (χ2v) is 10.0. The minimum atomic E-state index is -0.822. The third-order valence-corrected chi connectivity index (χ3v) is 9.16. The lowest BCUT2D eigenvalue weighted by Crippen LogP contribution is -2.41. The molecule has 4 aliphatic rings. The van der Waals surface area contributed by atoms with Crippen molar-refractivity contribution < 1.29 is 33.4 Å². The Balaban J connectivity index is 2.01. The van der Waals surface area contributed by atoms with Crippen LogP contribution in [0.1, 0.15) is 46.5 Å². The Labute approximate surface area is 194 Å². The highest BCUT2D eigenvalue weighted by atomic mass is 16.5. The van der Waals surface area contributed by atoms with Crippen LogP contribution in [-0.4, -0.2) is 55.7 Å². The Morgan fingerprint density at radius 2 is 1.55 bits per heavy atom. The molecule has 180 valence electrons. The number of esters is 2. The van der Waals surface area contributed by atoms with Crippen LogP contribution in [-0.2, 0) is 33.4 Å². The normalized spacial score (nSPS) is 37.0. The number of ether oxygens (including phenoxy) is 2. The zero-order chi connectivity index (χ0) is 24.4. The molecular weight excluding hydrogens is 426 g/mol. The first-order chi connectivity index (χ1) is 15.6. The second kappa shape index (κ2) is 8.06. The molecule has 0 aromatic rings. The van der Waals surface area contributed by atoms with Crippen molar-refractivity contribution in [2.45, 2.75) is 46.5 Å². The zero-order valence-corrected chi connectivity index (χ0v) is 20.2. The molecule has 2 fully saturated rings. The molecule has 0 spiro atoms. The van der Waals surface area contributed by atoms with E-state index in [1.54, 1.807) is 0 Å². The highest BCUT2D eigenvalue weighted by Gasteiger charge is 2.67. The van der Waals surface area contributed by atoms with E-state index in [1.807, 2.05) is 20.8 Å². The number of carbonyl (C=O) groups excluding carboxylic acids is 5. The molecule has 0 aromatic carbocycles. The number of methoxy groups -OCH3 is 2. The van der Waals surface area contributed by atoms with Crippen LogP contribution < -0.4 is 0 Å². The molecule has 0 radical (unpaired) electrons. The van der Waals surface area contributed by atoms with Gasteiger partial charge in [0.1, 0.15) is 0 Å². The van der Waals surface area contributed by atoms with Crippen molar-refractivity contribution in [1.82, 2.24) is 4.90 Å². The summed E-state index contributed by atoms with van der Waals surface area (Å²) in [6, 6.07) is 0. The first-order valence-corrected chi connectivity index (χ1v) is 11.9. The minimum absolute atomic E-state index is 0.0105. The fourth-order valence-electron chi connectivity index (χ4n) is 7.56. The monoisotopic (exact) mass is 459 g/mol. The molecule has 1 heterocycles. The van der Waals surface area contributed by atoms with E-state index in [1.165, 1.54) is 21.3 Å². The van der Waals surface area contributed by atoms with Gasteiger partial charge in [-0.15, -0.1) is 0 Å². The number of allylic oxidation sites excluding steroid dienone is 2. The molecule has 1 aliphatic heterocycles. The number of carbonyl (C=O) groups is 5. The van der Waals surface area contributed by atoms with Gasteiger partial charge in [0.2, 0.25) is 11.8 Å². The Morgan fingerprint density at radius 3 is 2.09 bits per heavy atom. The number of ketones is 1. The first kappa shape index (κ1) is 23.6. The lowest BCUT2D eigenvalue weighted by atomic mass is 9.61. The van der Waals surface area contributed by atoms with E-state index in [0.717, 1.165) is 10.5 Å². The van der Waals surface area contributed by atoms with Gasteiger partial charge in [0.05, 0.1) is 37.9 Å². The summed E-state index contributed by atoms with van der Waals surface area (Å²) in [5.41, 5.74) is 0.596. The van der Waals surface area contributed by atoms with E-state index in [4.69, 9.17) is 9.47 Å². The molecule has 3 aliphatic carbocycles. The van der Waals surface area contributed by atoms with Gasteiger partial charge in [-0.25, -0.2) is 0 Å². The quantitative estimate of drug-likeness (QED) is 0.468. The van der Waals surface area contributed by atoms with Gasteiger partial charge in [-0.1, -0.05) is 26.3 Å². The summed E-state index contributed by atoms with van der Waals surface area (Å²) in [6.45, 7) is 5.75. The van der Waals surface area contributed by atoms with Crippen LogP contribution >= 0.6 is 0 Å². The average Bonchev–Trinajstić information content (AvgIpc) is 3.11. The van der Waals surface area contributed by atoms with Gasteiger partial charge < -0.3 is 9.47 Å². The molecule has 0 bridgehead atoms. The van der Waals surface area contributed by atoms with E-state index in [-0.39, 0.29) is 30.4 Å². The number of rotatable bonds is 4. The number of likely N-dealkylation sites (tertiary alicyclic amines) is 1. The van der Waals surface area contributed by atoms with E-state index in [2.05, 4.69) is 0 Å². The molecule has 7 atom stereocenters. The van der Waals surface area contributed by atoms with E-state index in [0.29, 0.717) is 18.4 Å². The van der Waals surface area contributed by atoms with Crippen molar-refractivity contribution in [2.75, 3.05) is 21.3 Å². The summed E-state index contributed by atoms with van der Waals surface area (Å²) < 4.78 is 10.2. The van der Waals surface area contributed by atoms with Gasteiger partial charge in [0, 0.05) is 18.4 Å². The topological polar surface area (TPSA) is 107 Å². The minimum Gasteiger partial charge on any atom is -0.469 e. The lowest BCUT2D eigenvalue weighted by molar-refractivity contribution is -0.152. The summed E-state index contributed by atoms with van der Waals surface area (Å²) >= 11 is 0. The van der Waals surface area contributed by atoms with Crippen molar-refractivity contribution in [2.24, 2.45) is 46.8 Å². The maximum Gasteiger partial charge on any atom is 0.309 e. The van der Waals surface area contributed by atoms with E-state index < -0.39 is 58.8 Å². The average molecular weight is 460 g/mol. The lowest BCUT2D eigenvalue weighted by Gasteiger charge is -2.40. The Hall–Kier alpha value is -2.51. The maximum atomic E-state index is 14.1. The molecule has 0 N–H and O–H groups in total. The Morgan fingerprint density at radius 1 is 0.970 bits per heavy atom. The number of Topliss-reactive ketones (excluding diaryl/α,β-unsaturated/α-hetero) is 1. The number of hydrogen-bond acceptors (Lipinski definition) is 7. The standard InChI is InChI=1S/C25H33NO7/c1-7-25(8-2)19-14(24(31)33-6)10-12(23(30)32-5)9-13-17(19)15(20(25)27)11(3)16-18(13)22(29)26(4)21(16)28/h11-14,16,18-19H,7-10H2,1-6H3/t11-,12?,13+,14+,16-,18+,19?/m0/s1. The summed E-state index contributed by atoms with van der Waals surface area (Å²) in [6.07, 6.45) is 1.50. The molecule has 0 aromatic heterocycles. The van der Waals surface area contributed by atoms with Crippen molar-refractivity contribution in [3.05, 3.63) is 11.1 Å². The van der Waals surface area contributed by atoms with Crippen molar-refractivity contribution >= 4 is 29.5 Å². The number of fused-ring (bicyclic) bond motifs is 2. The largest absolute Gasteiger partial charge is 0.469 e. The highest BCUT2D eigenvalue weighted by molar-refractivity contribution is 6.10. The summed E-state index contributed by atoms with van der Waals surface area (Å²) in [4.78, 5) is 67.5. The Kier molecular flexibility index (Phi) is 5.78. The predicted octanol–water partition coefficient (Wildman–Crippen LogP) is 2.16. The smallest absolute Gasteiger partial charge is 0.309 e. The number of hydrogen-bond donors (Lipinski definition) is 0. The van der Waals surface area contributed by atoms with Gasteiger partial charge >= 0.3 is 11.9 Å². The molecule has 2 amide bonds.